The van der Waals surface area contributed by atoms with Crippen molar-refractivity contribution in [2.45, 2.75) is 23.8 Å². The highest BCUT2D eigenvalue weighted by atomic mass is 32.2. The number of aryl methyl sites for hydroxylation is 1. The molecule has 7 heteroatoms. The molecule has 0 aliphatic carbocycles. The summed E-state index contributed by atoms with van der Waals surface area (Å²) in [6.45, 7) is 4.50. The van der Waals surface area contributed by atoms with E-state index in [9.17, 15) is 5.11 Å². The van der Waals surface area contributed by atoms with Crippen LogP contribution in [0, 0.1) is 0 Å². The molecule has 0 saturated carbocycles. The van der Waals surface area contributed by atoms with Crippen LogP contribution in [0.3, 0.4) is 0 Å². The van der Waals surface area contributed by atoms with Gasteiger partial charge >= 0.3 is 0 Å². The summed E-state index contributed by atoms with van der Waals surface area (Å²) >= 11 is 1.87. The molecule has 0 radical (unpaired) electrons. The Bertz CT molecular complexity index is 738. The minimum atomic E-state index is -0.492. The van der Waals surface area contributed by atoms with Crippen LogP contribution in [0.15, 0.2) is 41.6 Å². The topological polar surface area (TPSA) is 61.7 Å². The molecule has 6 nitrogen and oxygen atoms in total. The van der Waals surface area contributed by atoms with E-state index in [0.29, 0.717) is 13.2 Å². The predicted molar refractivity (Wildman–Crippen MR) is 108 cm³/mol. The molecule has 2 aromatic rings. The quantitative estimate of drug-likeness (QED) is 0.815. The van der Waals surface area contributed by atoms with Crippen molar-refractivity contribution in [1.29, 1.82) is 0 Å². The Kier molecular flexibility index (Phi) is 6.11. The van der Waals surface area contributed by atoms with Gasteiger partial charge in [0.15, 0.2) is 0 Å². The van der Waals surface area contributed by atoms with Gasteiger partial charge in [0, 0.05) is 45.1 Å². The Morgan fingerprint density at radius 3 is 2.74 bits per heavy atom. The predicted octanol–water partition coefficient (Wildman–Crippen LogP) is 2.08. The Morgan fingerprint density at radius 2 is 1.93 bits per heavy atom. The van der Waals surface area contributed by atoms with Crippen LogP contribution in [-0.4, -0.2) is 71.2 Å². The van der Waals surface area contributed by atoms with Crippen molar-refractivity contribution >= 4 is 17.7 Å². The molecule has 0 bridgehead atoms. The third kappa shape index (κ3) is 4.72. The number of ether oxygens (including phenoxy) is 1. The highest BCUT2D eigenvalue weighted by molar-refractivity contribution is 7.99. The molecule has 1 fully saturated rings. The maximum Gasteiger partial charge on any atom is 0.225 e. The van der Waals surface area contributed by atoms with Gasteiger partial charge in [-0.2, -0.15) is 0 Å². The van der Waals surface area contributed by atoms with Crippen LogP contribution in [-0.2, 0) is 6.42 Å². The van der Waals surface area contributed by atoms with Crippen LogP contribution in [0.4, 0.5) is 5.95 Å². The number of rotatable bonds is 6. The number of thioether (sulfide) groups is 1. The standard InChI is InChI=1S/C20H26N4O2S/c25-17(15-26-18-6-1-4-16-5-2-13-27-19(16)18)14-23-9-11-24(12-10-23)20-21-7-3-8-22-20/h1,3-4,6-8,17,25H,2,5,9-15H2. The van der Waals surface area contributed by atoms with Crippen LogP contribution in [0.5, 0.6) is 5.75 Å². The lowest BCUT2D eigenvalue weighted by atomic mass is 10.1. The van der Waals surface area contributed by atoms with Crippen LogP contribution >= 0.6 is 11.8 Å². The Morgan fingerprint density at radius 1 is 1.11 bits per heavy atom. The second kappa shape index (κ2) is 8.91. The van der Waals surface area contributed by atoms with Crippen molar-refractivity contribution in [3.8, 4) is 5.75 Å². The monoisotopic (exact) mass is 386 g/mol. The van der Waals surface area contributed by atoms with Crippen LogP contribution in [0.1, 0.15) is 12.0 Å². The van der Waals surface area contributed by atoms with Gasteiger partial charge in [-0.1, -0.05) is 12.1 Å². The summed E-state index contributed by atoms with van der Waals surface area (Å²) in [5, 5.41) is 10.4. The number of hydrogen-bond donors (Lipinski definition) is 1. The number of anilines is 1. The van der Waals surface area contributed by atoms with Crippen molar-refractivity contribution in [3.05, 3.63) is 42.2 Å². The minimum absolute atomic E-state index is 0.332. The number of aliphatic hydroxyl groups excluding tert-OH is 1. The first-order valence-electron chi connectivity index (χ1n) is 9.59. The molecule has 2 aliphatic rings. The number of nitrogens with zero attached hydrogens (tertiary/aromatic N) is 4. The Labute approximate surface area is 164 Å². The second-order valence-corrected chi connectivity index (χ2v) is 8.10. The van der Waals surface area contributed by atoms with Gasteiger partial charge in [0.05, 0.1) is 4.90 Å². The van der Waals surface area contributed by atoms with Crippen LogP contribution in [0.2, 0.25) is 0 Å². The van der Waals surface area contributed by atoms with Gasteiger partial charge in [-0.05, 0) is 36.3 Å². The summed E-state index contributed by atoms with van der Waals surface area (Å²) < 4.78 is 5.97. The number of β-amino-alcohol motifs (C(OH)–C–C–N with tert-alkyl or cyclic N) is 1. The lowest BCUT2D eigenvalue weighted by Gasteiger charge is -2.35. The van der Waals surface area contributed by atoms with E-state index in [0.717, 1.165) is 50.1 Å². The fraction of sp³-hybridized carbons (Fsp3) is 0.500. The average Bonchev–Trinajstić information content (AvgIpc) is 2.73. The first-order chi connectivity index (χ1) is 13.3. The number of benzene rings is 1. The van der Waals surface area contributed by atoms with Gasteiger partial charge < -0.3 is 14.7 Å². The summed E-state index contributed by atoms with van der Waals surface area (Å²) in [7, 11) is 0. The summed E-state index contributed by atoms with van der Waals surface area (Å²) in [6.07, 6.45) is 5.41. The molecule has 4 rings (SSSR count). The summed E-state index contributed by atoms with van der Waals surface area (Å²) in [4.78, 5) is 14.3. The average molecular weight is 387 g/mol. The van der Waals surface area contributed by atoms with Crippen LogP contribution in [0.25, 0.3) is 0 Å². The number of piperazine rings is 1. The van der Waals surface area contributed by atoms with E-state index in [4.69, 9.17) is 4.74 Å². The first kappa shape index (κ1) is 18.5. The molecule has 144 valence electrons. The third-order valence-electron chi connectivity index (χ3n) is 5.00. The molecule has 2 aliphatic heterocycles. The highest BCUT2D eigenvalue weighted by Crippen LogP contribution is 2.37. The Hall–Kier alpha value is -1.83. The van der Waals surface area contributed by atoms with E-state index in [-0.39, 0.29) is 0 Å². The third-order valence-corrected chi connectivity index (χ3v) is 6.25. The van der Waals surface area contributed by atoms with Gasteiger partial charge in [-0.25, -0.2) is 9.97 Å². The van der Waals surface area contributed by atoms with E-state index in [2.05, 4.69) is 31.9 Å². The van der Waals surface area contributed by atoms with Crippen molar-refractivity contribution in [2.24, 2.45) is 0 Å². The van der Waals surface area contributed by atoms with Crippen molar-refractivity contribution in [1.82, 2.24) is 14.9 Å². The number of fused-ring (bicyclic) bond motifs is 1. The number of aliphatic hydroxyl groups is 1. The van der Waals surface area contributed by atoms with E-state index in [1.165, 1.54) is 16.9 Å². The number of aromatic nitrogens is 2. The molecule has 3 heterocycles. The second-order valence-electron chi connectivity index (χ2n) is 7.00. The maximum absolute atomic E-state index is 10.4. The lowest BCUT2D eigenvalue weighted by molar-refractivity contribution is 0.0652. The zero-order chi connectivity index (χ0) is 18.5. The smallest absolute Gasteiger partial charge is 0.225 e. The SMILES string of the molecule is OC(COc1cccc2c1SCCC2)CN1CCN(c2ncccn2)CC1. The van der Waals surface area contributed by atoms with Gasteiger partial charge in [-0.15, -0.1) is 11.8 Å². The van der Waals surface area contributed by atoms with Crippen molar-refractivity contribution in [2.75, 3.05) is 50.0 Å². The molecule has 27 heavy (non-hydrogen) atoms. The maximum atomic E-state index is 10.4. The van der Waals surface area contributed by atoms with Crippen molar-refractivity contribution < 1.29 is 9.84 Å². The molecular weight excluding hydrogens is 360 g/mol. The van der Waals surface area contributed by atoms with Gasteiger partial charge in [-0.3, -0.25) is 4.90 Å². The zero-order valence-corrected chi connectivity index (χ0v) is 16.3. The summed E-state index contributed by atoms with van der Waals surface area (Å²) in [5.41, 5.74) is 1.37. The minimum Gasteiger partial charge on any atom is -0.490 e. The molecule has 0 amide bonds. The van der Waals surface area contributed by atoms with Gasteiger partial charge in [0.2, 0.25) is 5.95 Å². The molecule has 1 atom stereocenters. The summed E-state index contributed by atoms with van der Waals surface area (Å²) in [6, 6.07) is 8.08. The fourth-order valence-electron chi connectivity index (χ4n) is 3.59. The molecule has 1 aromatic heterocycles. The van der Waals surface area contributed by atoms with E-state index >= 15 is 0 Å². The molecule has 1 N–H and O–H groups in total. The Balaban J connectivity index is 1.24. The van der Waals surface area contributed by atoms with Crippen LogP contribution < -0.4 is 9.64 Å². The van der Waals surface area contributed by atoms with Gasteiger partial charge in [0.25, 0.3) is 0 Å². The largest absolute Gasteiger partial charge is 0.490 e. The number of hydrogen-bond acceptors (Lipinski definition) is 7. The van der Waals surface area contributed by atoms with E-state index in [1.54, 1.807) is 12.4 Å². The highest BCUT2D eigenvalue weighted by Gasteiger charge is 2.21. The molecule has 1 unspecified atom stereocenters. The van der Waals surface area contributed by atoms with E-state index < -0.39 is 6.10 Å². The first-order valence-corrected chi connectivity index (χ1v) is 10.6. The fourth-order valence-corrected chi connectivity index (χ4v) is 4.71. The molecule has 1 saturated heterocycles. The molecule has 0 spiro atoms. The normalized spacial score (nSPS) is 18.8. The zero-order valence-electron chi connectivity index (χ0n) is 15.5. The van der Waals surface area contributed by atoms with E-state index in [1.807, 2.05) is 23.9 Å². The molecular formula is C20H26N4O2S. The van der Waals surface area contributed by atoms with Crippen molar-refractivity contribution in [3.63, 3.8) is 0 Å². The lowest BCUT2D eigenvalue weighted by Crippen LogP contribution is -2.49. The summed E-state index contributed by atoms with van der Waals surface area (Å²) in [5.74, 6) is 2.85. The molecule has 1 aromatic carbocycles. The van der Waals surface area contributed by atoms with Gasteiger partial charge in [0.1, 0.15) is 18.5 Å².